The number of nitrogens with one attached hydrogen (secondary N) is 1. The maximum atomic E-state index is 12.7. The van der Waals surface area contributed by atoms with Gasteiger partial charge in [0.15, 0.2) is 11.5 Å². The molecule has 2 aromatic carbocycles. The molecule has 1 N–H and O–H groups in total. The number of rotatable bonds is 8. The zero-order valence-corrected chi connectivity index (χ0v) is 20.9. The maximum Gasteiger partial charge on any atom is 0.294 e. The van der Waals surface area contributed by atoms with Crippen LogP contribution in [0.3, 0.4) is 0 Å². The van der Waals surface area contributed by atoms with Gasteiger partial charge >= 0.3 is 0 Å². The zero-order valence-electron chi connectivity index (χ0n) is 17.9. The molecule has 0 unspecified atom stereocenters. The lowest BCUT2D eigenvalue weighted by atomic mass is 10.1. The summed E-state index contributed by atoms with van der Waals surface area (Å²) in [5, 5.41) is 2.21. The number of carbonyl (C=O) groups excluding carboxylic acids is 3. The Bertz CT molecular complexity index is 1050. The Hall–Kier alpha value is -2.53. The van der Waals surface area contributed by atoms with Gasteiger partial charge in [-0.05, 0) is 95.7 Å². The molecule has 0 spiro atoms. The first-order chi connectivity index (χ1) is 15.3. The van der Waals surface area contributed by atoms with Crippen LogP contribution in [0.1, 0.15) is 25.8 Å². The third kappa shape index (κ3) is 6.04. The van der Waals surface area contributed by atoms with Gasteiger partial charge in [0, 0.05) is 9.26 Å². The molecule has 2 aromatic rings. The summed E-state index contributed by atoms with van der Waals surface area (Å²) in [5.41, 5.74) is 1.29. The molecule has 1 atom stereocenters. The summed E-state index contributed by atoms with van der Waals surface area (Å²) in [6.45, 7) is 3.65. The highest BCUT2D eigenvalue weighted by atomic mass is 127. The Labute approximate surface area is 204 Å². The largest absolute Gasteiger partial charge is 0.493 e. The van der Waals surface area contributed by atoms with Crippen LogP contribution >= 0.6 is 34.4 Å². The second kappa shape index (κ2) is 10.9. The number of methoxy groups -OCH3 is 1. The number of thioether (sulfide) groups is 1. The first kappa shape index (κ1) is 24.1. The molecule has 32 heavy (non-hydrogen) atoms. The molecule has 1 aliphatic rings. The lowest BCUT2D eigenvalue weighted by Crippen LogP contribution is -2.36. The van der Waals surface area contributed by atoms with Gasteiger partial charge in [-0.3, -0.25) is 19.3 Å². The normalized spacial score (nSPS) is 15.8. The fraction of sp³-hybridized carbons (Fsp3) is 0.261. The lowest BCUT2D eigenvalue weighted by molar-refractivity contribution is -0.127. The fourth-order valence-corrected chi connectivity index (χ4v) is 4.03. The average molecular weight is 566 g/mol. The number of carbonyl (C=O) groups is 3. The van der Waals surface area contributed by atoms with E-state index in [-0.39, 0.29) is 17.6 Å². The molecule has 0 radical (unpaired) electrons. The predicted octanol–water partition coefficient (Wildman–Crippen LogP) is 5.15. The molecule has 3 rings (SSSR count). The highest BCUT2D eigenvalue weighted by Gasteiger charge is 2.36. The van der Waals surface area contributed by atoms with E-state index in [1.807, 2.05) is 26.0 Å². The number of amides is 3. The number of benzene rings is 2. The minimum Gasteiger partial charge on any atom is -0.493 e. The molecule has 3 amide bonds. The van der Waals surface area contributed by atoms with Crippen molar-refractivity contribution in [2.45, 2.75) is 26.4 Å². The van der Waals surface area contributed by atoms with E-state index < -0.39 is 17.1 Å². The van der Waals surface area contributed by atoms with Crippen LogP contribution in [0.2, 0.25) is 0 Å². The zero-order chi connectivity index (χ0) is 23.3. The topological polar surface area (TPSA) is 84.9 Å². The summed E-state index contributed by atoms with van der Waals surface area (Å²) in [7, 11) is 1.54. The molecule has 1 fully saturated rings. The Morgan fingerprint density at radius 1 is 1.19 bits per heavy atom. The number of anilines is 1. The maximum absolute atomic E-state index is 12.7. The van der Waals surface area contributed by atoms with Crippen LogP contribution in [-0.4, -0.2) is 41.7 Å². The highest BCUT2D eigenvalue weighted by molar-refractivity contribution is 14.1. The van der Waals surface area contributed by atoms with Crippen LogP contribution in [0.5, 0.6) is 11.5 Å². The Kier molecular flexibility index (Phi) is 8.19. The molecule has 0 saturated carbocycles. The second-order valence-electron chi connectivity index (χ2n) is 7.07. The highest BCUT2D eigenvalue weighted by Crippen LogP contribution is 2.35. The van der Waals surface area contributed by atoms with Gasteiger partial charge in [0.25, 0.3) is 11.1 Å². The van der Waals surface area contributed by atoms with E-state index in [0.717, 1.165) is 26.7 Å². The first-order valence-corrected chi connectivity index (χ1v) is 11.9. The van der Waals surface area contributed by atoms with Crippen molar-refractivity contribution in [2.24, 2.45) is 0 Å². The molecule has 0 aromatic heterocycles. The molecule has 1 heterocycles. The summed E-state index contributed by atoms with van der Waals surface area (Å²) in [4.78, 5) is 38.6. The van der Waals surface area contributed by atoms with Crippen LogP contribution in [0, 0.1) is 3.57 Å². The Morgan fingerprint density at radius 2 is 1.91 bits per heavy atom. The average Bonchev–Trinajstić information content (AvgIpc) is 3.03. The summed E-state index contributed by atoms with van der Waals surface area (Å²) in [6, 6.07) is 12.5. The summed E-state index contributed by atoms with van der Waals surface area (Å²) >= 11 is 2.97. The van der Waals surface area contributed by atoms with Gasteiger partial charge in [-0.1, -0.05) is 13.0 Å². The molecular formula is C23H23IN2O5S. The number of ether oxygens (including phenoxy) is 2. The monoisotopic (exact) mass is 566 g/mol. The molecule has 1 saturated heterocycles. The summed E-state index contributed by atoms with van der Waals surface area (Å²) in [6.07, 6.45) is 2.50. The fourth-order valence-electron chi connectivity index (χ4n) is 2.84. The van der Waals surface area contributed by atoms with Crippen molar-refractivity contribution in [3.63, 3.8) is 0 Å². The van der Waals surface area contributed by atoms with Crippen LogP contribution in [0.4, 0.5) is 10.5 Å². The van der Waals surface area contributed by atoms with E-state index in [0.29, 0.717) is 22.7 Å². The van der Waals surface area contributed by atoms with E-state index >= 15 is 0 Å². The van der Waals surface area contributed by atoms with Crippen molar-refractivity contribution < 1.29 is 23.9 Å². The first-order valence-electron chi connectivity index (χ1n) is 9.96. The minimum absolute atomic E-state index is 0.0388. The Morgan fingerprint density at radius 3 is 2.56 bits per heavy atom. The Balaban J connectivity index is 1.70. The van der Waals surface area contributed by atoms with Crippen molar-refractivity contribution in [3.8, 4) is 11.5 Å². The molecule has 7 nitrogen and oxygen atoms in total. The van der Waals surface area contributed by atoms with Crippen molar-refractivity contribution >= 4 is 63.2 Å². The number of halogens is 1. The van der Waals surface area contributed by atoms with Gasteiger partial charge in [0.1, 0.15) is 6.54 Å². The molecule has 0 aliphatic carbocycles. The van der Waals surface area contributed by atoms with Crippen molar-refractivity contribution in [1.29, 1.82) is 0 Å². The standard InChI is InChI=1S/C23H23IN2O5S/c1-4-14(2)31-18-10-5-15(11-19(18)30-3)12-20-22(28)26(23(29)32-20)13-21(27)25-17-8-6-16(24)7-9-17/h5-12,14H,4,13H2,1-3H3,(H,25,27)/b20-12-/t14-/m0/s1. The smallest absolute Gasteiger partial charge is 0.294 e. The van der Waals surface area contributed by atoms with E-state index in [4.69, 9.17) is 9.47 Å². The van der Waals surface area contributed by atoms with Crippen molar-refractivity contribution in [2.75, 3.05) is 19.0 Å². The quantitative estimate of drug-likeness (QED) is 0.352. The van der Waals surface area contributed by atoms with Crippen molar-refractivity contribution in [1.82, 2.24) is 4.90 Å². The van der Waals surface area contributed by atoms with Gasteiger partial charge in [-0.2, -0.15) is 0 Å². The minimum atomic E-state index is -0.503. The van der Waals surface area contributed by atoms with E-state index in [2.05, 4.69) is 27.9 Å². The van der Waals surface area contributed by atoms with Gasteiger partial charge < -0.3 is 14.8 Å². The molecule has 1 aliphatic heterocycles. The van der Waals surface area contributed by atoms with Gasteiger partial charge in [0.05, 0.1) is 18.1 Å². The van der Waals surface area contributed by atoms with Crippen LogP contribution < -0.4 is 14.8 Å². The number of hydrogen-bond donors (Lipinski definition) is 1. The van der Waals surface area contributed by atoms with Crippen LogP contribution in [0.25, 0.3) is 6.08 Å². The third-order valence-electron chi connectivity index (χ3n) is 4.69. The van der Waals surface area contributed by atoms with Crippen LogP contribution in [-0.2, 0) is 9.59 Å². The predicted molar refractivity (Wildman–Crippen MR) is 134 cm³/mol. The van der Waals surface area contributed by atoms with Crippen LogP contribution in [0.15, 0.2) is 47.4 Å². The SMILES string of the molecule is CC[C@H](C)Oc1ccc(/C=C2\SC(=O)N(CC(=O)Nc3ccc(I)cc3)C2=O)cc1OC. The van der Waals surface area contributed by atoms with E-state index in [1.54, 1.807) is 43.5 Å². The van der Waals surface area contributed by atoms with Crippen molar-refractivity contribution in [3.05, 3.63) is 56.5 Å². The molecular weight excluding hydrogens is 543 g/mol. The van der Waals surface area contributed by atoms with E-state index in [9.17, 15) is 14.4 Å². The molecule has 9 heteroatoms. The summed E-state index contributed by atoms with van der Waals surface area (Å²) in [5.74, 6) is 0.203. The number of imide groups is 1. The third-order valence-corrected chi connectivity index (χ3v) is 6.32. The number of hydrogen-bond acceptors (Lipinski definition) is 6. The van der Waals surface area contributed by atoms with Gasteiger partial charge in [-0.15, -0.1) is 0 Å². The van der Waals surface area contributed by atoms with E-state index in [1.165, 1.54) is 0 Å². The van der Waals surface area contributed by atoms with Gasteiger partial charge in [0.2, 0.25) is 5.91 Å². The molecule has 168 valence electrons. The molecule has 0 bridgehead atoms. The second-order valence-corrected chi connectivity index (χ2v) is 9.31. The lowest BCUT2D eigenvalue weighted by Gasteiger charge is -2.15. The number of nitrogens with zero attached hydrogens (tertiary/aromatic N) is 1. The summed E-state index contributed by atoms with van der Waals surface area (Å²) < 4.78 is 12.3. The van der Waals surface area contributed by atoms with Gasteiger partial charge in [-0.25, -0.2) is 0 Å².